The molecule has 0 atom stereocenters. The summed E-state index contributed by atoms with van der Waals surface area (Å²) in [7, 11) is 1.61. The second-order valence-electron chi connectivity index (χ2n) is 5.06. The number of ether oxygens (including phenoxy) is 1. The Morgan fingerprint density at radius 1 is 1.26 bits per heavy atom. The van der Waals surface area contributed by atoms with E-state index in [0.717, 1.165) is 38.0 Å². The Morgan fingerprint density at radius 3 is 2.47 bits per heavy atom. The van der Waals surface area contributed by atoms with Gasteiger partial charge in [0.1, 0.15) is 5.75 Å². The molecule has 1 aliphatic carbocycles. The molecular formula is C15H20ClNO2. The van der Waals surface area contributed by atoms with Gasteiger partial charge in [-0.05, 0) is 55.9 Å². The van der Waals surface area contributed by atoms with Crippen LogP contribution in [0.3, 0.4) is 0 Å². The SMILES string of the molecule is COc1ccc(C(=O)NCC2CCC(Cl)CC2)cc1. The van der Waals surface area contributed by atoms with E-state index in [1.807, 2.05) is 0 Å². The summed E-state index contributed by atoms with van der Waals surface area (Å²) < 4.78 is 5.07. The quantitative estimate of drug-likeness (QED) is 0.861. The van der Waals surface area contributed by atoms with Crippen molar-refractivity contribution >= 4 is 17.5 Å². The molecular weight excluding hydrogens is 262 g/mol. The summed E-state index contributed by atoms with van der Waals surface area (Å²) in [5, 5.41) is 3.33. The Bertz CT molecular complexity index is 411. The van der Waals surface area contributed by atoms with E-state index in [0.29, 0.717) is 16.9 Å². The van der Waals surface area contributed by atoms with Gasteiger partial charge in [0.25, 0.3) is 5.91 Å². The van der Waals surface area contributed by atoms with Crippen LogP contribution in [0.2, 0.25) is 0 Å². The van der Waals surface area contributed by atoms with Gasteiger partial charge in [-0.15, -0.1) is 11.6 Å². The number of rotatable bonds is 4. The predicted octanol–water partition coefficient (Wildman–Crippen LogP) is 3.22. The first kappa shape index (κ1) is 14.2. The summed E-state index contributed by atoms with van der Waals surface area (Å²) in [5.41, 5.74) is 0.673. The first-order valence-electron chi connectivity index (χ1n) is 6.75. The van der Waals surface area contributed by atoms with E-state index < -0.39 is 0 Å². The highest BCUT2D eigenvalue weighted by molar-refractivity contribution is 6.20. The minimum absolute atomic E-state index is 0.0179. The molecule has 0 aromatic heterocycles. The van der Waals surface area contributed by atoms with Crippen LogP contribution in [-0.2, 0) is 0 Å². The number of alkyl halides is 1. The number of benzene rings is 1. The molecule has 1 aliphatic rings. The van der Waals surface area contributed by atoms with Crippen molar-refractivity contribution in [1.82, 2.24) is 5.32 Å². The Kier molecular flexibility index (Phi) is 5.08. The number of hydrogen-bond donors (Lipinski definition) is 1. The van der Waals surface area contributed by atoms with Gasteiger partial charge >= 0.3 is 0 Å². The van der Waals surface area contributed by atoms with Gasteiger partial charge in [-0.2, -0.15) is 0 Å². The molecule has 0 bridgehead atoms. The first-order valence-corrected chi connectivity index (χ1v) is 7.19. The van der Waals surface area contributed by atoms with E-state index in [2.05, 4.69) is 5.32 Å². The average molecular weight is 282 g/mol. The molecule has 0 aliphatic heterocycles. The monoisotopic (exact) mass is 281 g/mol. The van der Waals surface area contributed by atoms with E-state index >= 15 is 0 Å². The fourth-order valence-electron chi connectivity index (χ4n) is 2.41. The topological polar surface area (TPSA) is 38.3 Å². The van der Waals surface area contributed by atoms with Crippen LogP contribution in [0.15, 0.2) is 24.3 Å². The lowest BCUT2D eigenvalue weighted by Gasteiger charge is -2.25. The molecule has 104 valence electrons. The molecule has 1 saturated carbocycles. The van der Waals surface area contributed by atoms with E-state index in [1.54, 1.807) is 31.4 Å². The molecule has 3 nitrogen and oxygen atoms in total. The van der Waals surface area contributed by atoms with Gasteiger partial charge in [-0.1, -0.05) is 0 Å². The van der Waals surface area contributed by atoms with Gasteiger partial charge in [-0.3, -0.25) is 4.79 Å². The van der Waals surface area contributed by atoms with E-state index in [9.17, 15) is 4.79 Å². The van der Waals surface area contributed by atoms with E-state index in [4.69, 9.17) is 16.3 Å². The second-order valence-corrected chi connectivity index (χ2v) is 5.67. The summed E-state index contributed by atoms with van der Waals surface area (Å²) in [5.74, 6) is 1.31. The largest absolute Gasteiger partial charge is 0.497 e. The molecule has 19 heavy (non-hydrogen) atoms. The molecule has 0 radical (unpaired) electrons. The Hall–Kier alpha value is -1.22. The van der Waals surface area contributed by atoms with Crippen LogP contribution >= 0.6 is 11.6 Å². The zero-order valence-corrected chi connectivity index (χ0v) is 12.0. The van der Waals surface area contributed by atoms with Gasteiger partial charge in [-0.25, -0.2) is 0 Å². The normalized spacial score (nSPS) is 22.8. The number of hydrogen-bond acceptors (Lipinski definition) is 2. The van der Waals surface area contributed by atoms with E-state index in [-0.39, 0.29) is 5.91 Å². The van der Waals surface area contributed by atoms with Crippen LogP contribution in [0.1, 0.15) is 36.0 Å². The standard InChI is InChI=1S/C15H20ClNO2/c1-19-14-8-4-12(5-9-14)15(18)17-10-11-2-6-13(16)7-3-11/h4-5,8-9,11,13H,2-3,6-7,10H2,1H3,(H,17,18). The minimum atomic E-state index is -0.0179. The van der Waals surface area contributed by atoms with Crippen LogP contribution in [0.4, 0.5) is 0 Å². The highest BCUT2D eigenvalue weighted by Gasteiger charge is 2.19. The number of methoxy groups -OCH3 is 1. The van der Waals surface area contributed by atoms with Crippen molar-refractivity contribution in [3.63, 3.8) is 0 Å². The third kappa shape index (κ3) is 4.13. The maximum absolute atomic E-state index is 12.0. The molecule has 0 heterocycles. The van der Waals surface area contributed by atoms with Crippen LogP contribution in [0, 0.1) is 5.92 Å². The van der Waals surface area contributed by atoms with Gasteiger partial charge in [0.05, 0.1) is 7.11 Å². The number of nitrogens with one attached hydrogen (secondary N) is 1. The van der Waals surface area contributed by atoms with Gasteiger partial charge < -0.3 is 10.1 Å². The number of halogens is 1. The number of carbonyl (C=O) groups excluding carboxylic acids is 1. The lowest BCUT2D eigenvalue weighted by molar-refractivity contribution is 0.0943. The van der Waals surface area contributed by atoms with Crippen molar-refractivity contribution in [2.75, 3.05) is 13.7 Å². The Balaban J connectivity index is 1.80. The lowest BCUT2D eigenvalue weighted by Crippen LogP contribution is -2.31. The van der Waals surface area contributed by atoms with Crippen molar-refractivity contribution in [2.45, 2.75) is 31.1 Å². The van der Waals surface area contributed by atoms with Crippen molar-refractivity contribution in [1.29, 1.82) is 0 Å². The maximum Gasteiger partial charge on any atom is 0.251 e. The summed E-state index contributed by atoms with van der Waals surface area (Å²) in [6, 6.07) is 7.16. The zero-order chi connectivity index (χ0) is 13.7. The third-order valence-electron chi connectivity index (χ3n) is 3.68. The summed E-state index contributed by atoms with van der Waals surface area (Å²) >= 11 is 6.07. The lowest BCUT2D eigenvalue weighted by atomic mass is 9.89. The molecule has 1 amide bonds. The molecule has 2 rings (SSSR count). The van der Waals surface area contributed by atoms with Crippen LogP contribution < -0.4 is 10.1 Å². The molecule has 1 aromatic carbocycles. The first-order chi connectivity index (χ1) is 9.19. The van der Waals surface area contributed by atoms with E-state index in [1.165, 1.54) is 0 Å². The summed E-state index contributed by atoms with van der Waals surface area (Å²) in [4.78, 5) is 12.0. The number of amides is 1. The molecule has 4 heteroatoms. The van der Waals surface area contributed by atoms with Crippen molar-refractivity contribution in [3.05, 3.63) is 29.8 Å². The van der Waals surface area contributed by atoms with Crippen LogP contribution in [0.25, 0.3) is 0 Å². The molecule has 1 aromatic rings. The summed E-state index contributed by atoms with van der Waals surface area (Å²) in [6.45, 7) is 0.745. The van der Waals surface area contributed by atoms with Gasteiger partial charge in [0.2, 0.25) is 0 Å². The fourth-order valence-corrected chi connectivity index (χ4v) is 2.66. The van der Waals surface area contributed by atoms with Crippen LogP contribution in [-0.4, -0.2) is 24.9 Å². The fraction of sp³-hybridized carbons (Fsp3) is 0.533. The average Bonchev–Trinajstić information content (AvgIpc) is 2.46. The van der Waals surface area contributed by atoms with Crippen molar-refractivity contribution in [2.24, 2.45) is 5.92 Å². The smallest absolute Gasteiger partial charge is 0.251 e. The van der Waals surface area contributed by atoms with Crippen LogP contribution in [0.5, 0.6) is 5.75 Å². The van der Waals surface area contributed by atoms with Crippen molar-refractivity contribution < 1.29 is 9.53 Å². The highest BCUT2D eigenvalue weighted by Crippen LogP contribution is 2.27. The van der Waals surface area contributed by atoms with Gasteiger partial charge in [0.15, 0.2) is 0 Å². The maximum atomic E-state index is 12.0. The number of carbonyl (C=O) groups is 1. The Labute approximate surface area is 119 Å². The molecule has 0 unspecified atom stereocenters. The molecule has 0 saturated heterocycles. The third-order valence-corrected chi connectivity index (χ3v) is 4.12. The molecule has 0 spiro atoms. The Morgan fingerprint density at radius 2 is 1.89 bits per heavy atom. The van der Waals surface area contributed by atoms with Crippen molar-refractivity contribution in [3.8, 4) is 5.75 Å². The summed E-state index contributed by atoms with van der Waals surface area (Å²) in [6.07, 6.45) is 4.34. The molecule has 1 fully saturated rings. The minimum Gasteiger partial charge on any atom is -0.497 e. The highest BCUT2D eigenvalue weighted by atomic mass is 35.5. The molecule has 1 N–H and O–H groups in total. The predicted molar refractivity (Wildman–Crippen MR) is 76.9 cm³/mol. The van der Waals surface area contributed by atoms with Gasteiger partial charge in [0, 0.05) is 17.5 Å². The second kappa shape index (κ2) is 6.80. The zero-order valence-electron chi connectivity index (χ0n) is 11.2.